The highest BCUT2D eigenvalue weighted by atomic mass is 28.4. The van der Waals surface area contributed by atoms with Gasteiger partial charge in [0.15, 0.2) is 0 Å². The second-order valence-electron chi connectivity index (χ2n) is 3.60. The van der Waals surface area contributed by atoms with E-state index < -0.39 is 8.56 Å². The molecule has 16 heavy (non-hydrogen) atoms. The summed E-state index contributed by atoms with van der Waals surface area (Å²) >= 11 is 0. The van der Waals surface area contributed by atoms with Crippen molar-refractivity contribution in [2.75, 3.05) is 13.2 Å². The third-order valence-corrected chi connectivity index (χ3v) is 5.62. The topological polar surface area (TPSA) is 18.5 Å². The molecule has 0 aliphatic carbocycles. The number of benzene rings is 1. The van der Waals surface area contributed by atoms with Gasteiger partial charge in [-0.05, 0) is 26.0 Å². The van der Waals surface area contributed by atoms with Crippen LogP contribution < -0.4 is 5.19 Å². The van der Waals surface area contributed by atoms with Gasteiger partial charge in [-0.1, -0.05) is 36.9 Å². The van der Waals surface area contributed by atoms with Crippen molar-refractivity contribution < 1.29 is 8.85 Å². The lowest BCUT2D eigenvalue weighted by Gasteiger charge is -2.27. The van der Waals surface area contributed by atoms with Gasteiger partial charge in [0.25, 0.3) is 0 Å². The molecule has 0 spiro atoms. The fourth-order valence-corrected chi connectivity index (χ4v) is 4.44. The minimum Gasteiger partial charge on any atom is -0.391 e. The van der Waals surface area contributed by atoms with Gasteiger partial charge >= 0.3 is 8.56 Å². The van der Waals surface area contributed by atoms with Crippen LogP contribution in [0.1, 0.15) is 19.4 Å². The third kappa shape index (κ3) is 2.81. The molecule has 3 heteroatoms. The molecule has 0 fully saturated rings. The molecule has 0 saturated heterocycles. The van der Waals surface area contributed by atoms with E-state index in [-0.39, 0.29) is 0 Å². The predicted octanol–water partition coefficient (Wildman–Crippen LogP) is 2.68. The van der Waals surface area contributed by atoms with E-state index in [9.17, 15) is 0 Å². The summed E-state index contributed by atoms with van der Waals surface area (Å²) in [5.41, 5.74) is 1.11. The van der Waals surface area contributed by atoms with Crippen molar-refractivity contribution in [3.63, 3.8) is 0 Å². The highest BCUT2D eigenvalue weighted by molar-refractivity contribution is 6.80. The molecule has 0 N–H and O–H groups in total. The molecule has 0 heterocycles. The maximum Gasteiger partial charge on any atom is 0.369 e. The standard InChI is InChI=1S/C13H20O2Si/c1-5-12-10-8-9-11-13(12)16(4,14-6-2)15-7-3/h5,8-11H,1,6-7H2,2-4H3. The first kappa shape index (κ1) is 13.2. The quantitative estimate of drug-likeness (QED) is 0.707. The van der Waals surface area contributed by atoms with Crippen LogP contribution in [0.4, 0.5) is 0 Å². The van der Waals surface area contributed by atoms with E-state index in [1.165, 1.54) is 0 Å². The molecule has 1 aromatic rings. The summed E-state index contributed by atoms with van der Waals surface area (Å²) in [5, 5.41) is 1.16. The minimum atomic E-state index is -2.26. The molecule has 0 saturated carbocycles. The second-order valence-corrected chi connectivity index (χ2v) is 6.61. The van der Waals surface area contributed by atoms with E-state index in [0.717, 1.165) is 10.8 Å². The van der Waals surface area contributed by atoms with Crippen LogP contribution in [0.25, 0.3) is 6.08 Å². The van der Waals surface area contributed by atoms with Crippen LogP contribution in [0.15, 0.2) is 30.8 Å². The van der Waals surface area contributed by atoms with E-state index in [4.69, 9.17) is 8.85 Å². The Morgan fingerprint density at radius 3 is 2.25 bits per heavy atom. The highest BCUT2D eigenvalue weighted by Crippen LogP contribution is 2.12. The molecule has 0 radical (unpaired) electrons. The Bertz CT molecular complexity index is 344. The van der Waals surface area contributed by atoms with Crippen LogP contribution in [0, 0.1) is 0 Å². The first-order valence-corrected chi connectivity index (χ1v) is 7.99. The summed E-state index contributed by atoms with van der Waals surface area (Å²) in [4.78, 5) is 0. The highest BCUT2D eigenvalue weighted by Gasteiger charge is 2.34. The Morgan fingerprint density at radius 1 is 1.19 bits per heavy atom. The molecular formula is C13H20O2Si. The fourth-order valence-electron chi connectivity index (χ4n) is 1.84. The fraction of sp³-hybridized carbons (Fsp3) is 0.385. The summed E-state index contributed by atoms with van der Waals surface area (Å²) in [6, 6.07) is 8.15. The first-order chi connectivity index (χ1) is 7.68. The van der Waals surface area contributed by atoms with Gasteiger partial charge in [-0.25, -0.2) is 0 Å². The first-order valence-electron chi connectivity index (χ1n) is 5.67. The lowest BCUT2D eigenvalue weighted by Crippen LogP contribution is -2.52. The van der Waals surface area contributed by atoms with Crippen LogP contribution in [-0.4, -0.2) is 21.8 Å². The van der Waals surface area contributed by atoms with Crippen molar-refractivity contribution in [2.24, 2.45) is 0 Å². The van der Waals surface area contributed by atoms with Crippen LogP contribution in [0.2, 0.25) is 6.55 Å². The lowest BCUT2D eigenvalue weighted by atomic mass is 10.2. The summed E-state index contributed by atoms with van der Waals surface area (Å²) < 4.78 is 11.7. The average Bonchev–Trinajstić information content (AvgIpc) is 2.29. The molecule has 0 bridgehead atoms. The SMILES string of the molecule is C=Cc1ccccc1[Si](C)(OCC)OCC. The van der Waals surface area contributed by atoms with Crippen molar-refractivity contribution in [3.05, 3.63) is 36.4 Å². The maximum absolute atomic E-state index is 5.87. The van der Waals surface area contributed by atoms with Gasteiger partial charge in [0.05, 0.1) is 0 Å². The Labute approximate surface area is 99.2 Å². The molecule has 0 unspecified atom stereocenters. The maximum atomic E-state index is 5.87. The average molecular weight is 236 g/mol. The molecule has 1 rings (SSSR count). The molecule has 0 amide bonds. The molecule has 0 aromatic heterocycles. The summed E-state index contributed by atoms with van der Waals surface area (Å²) in [6.07, 6.45) is 1.86. The molecule has 2 nitrogen and oxygen atoms in total. The van der Waals surface area contributed by atoms with E-state index in [1.807, 2.05) is 38.1 Å². The summed E-state index contributed by atoms with van der Waals surface area (Å²) in [5.74, 6) is 0. The molecule has 0 atom stereocenters. The zero-order valence-corrected chi connectivity index (χ0v) is 11.3. The van der Waals surface area contributed by atoms with E-state index in [2.05, 4.69) is 19.2 Å². The lowest BCUT2D eigenvalue weighted by molar-refractivity contribution is 0.202. The largest absolute Gasteiger partial charge is 0.391 e. The molecule has 0 aliphatic rings. The third-order valence-electron chi connectivity index (χ3n) is 2.51. The molecule has 0 aliphatic heterocycles. The van der Waals surface area contributed by atoms with E-state index >= 15 is 0 Å². The van der Waals surface area contributed by atoms with Gasteiger partial charge in [0, 0.05) is 18.4 Å². The minimum absolute atomic E-state index is 0.675. The molecular weight excluding hydrogens is 216 g/mol. The summed E-state index contributed by atoms with van der Waals surface area (Å²) in [7, 11) is -2.26. The zero-order chi connectivity index (χ0) is 12.0. The Hall–Kier alpha value is -0.903. The van der Waals surface area contributed by atoms with Crippen molar-refractivity contribution in [2.45, 2.75) is 20.4 Å². The van der Waals surface area contributed by atoms with Crippen molar-refractivity contribution in [3.8, 4) is 0 Å². The summed E-state index contributed by atoms with van der Waals surface area (Å²) in [6.45, 7) is 11.3. The van der Waals surface area contributed by atoms with Crippen LogP contribution >= 0.6 is 0 Å². The molecule has 1 aromatic carbocycles. The van der Waals surface area contributed by atoms with E-state index in [0.29, 0.717) is 13.2 Å². The van der Waals surface area contributed by atoms with Crippen molar-refractivity contribution >= 4 is 19.8 Å². The van der Waals surface area contributed by atoms with Gasteiger partial charge < -0.3 is 8.85 Å². The normalized spacial score (nSPS) is 11.4. The number of rotatable bonds is 6. The van der Waals surface area contributed by atoms with Gasteiger partial charge in [-0.15, -0.1) is 0 Å². The number of hydrogen-bond donors (Lipinski definition) is 0. The van der Waals surface area contributed by atoms with Crippen molar-refractivity contribution in [1.82, 2.24) is 0 Å². The van der Waals surface area contributed by atoms with Gasteiger partial charge in [0.2, 0.25) is 0 Å². The Balaban J connectivity index is 3.14. The van der Waals surface area contributed by atoms with Gasteiger partial charge in [0.1, 0.15) is 0 Å². The van der Waals surface area contributed by atoms with Crippen LogP contribution in [0.5, 0.6) is 0 Å². The van der Waals surface area contributed by atoms with Crippen LogP contribution in [-0.2, 0) is 8.85 Å². The predicted molar refractivity (Wildman–Crippen MR) is 71.0 cm³/mol. The molecule has 88 valence electrons. The monoisotopic (exact) mass is 236 g/mol. The van der Waals surface area contributed by atoms with Crippen molar-refractivity contribution in [1.29, 1.82) is 0 Å². The zero-order valence-electron chi connectivity index (χ0n) is 10.3. The van der Waals surface area contributed by atoms with Crippen LogP contribution in [0.3, 0.4) is 0 Å². The smallest absolute Gasteiger partial charge is 0.369 e. The number of hydrogen-bond acceptors (Lipinski definition) is 2. The van der Waals surface area contributed by atoms with Gasteiger partial charge in [-0.2, -0.15) is 0 Å². The van der Waals surface area contributed by atoms with E-state index in [1.54, 1.807) is 0 Å². The second kappa shape index (κ2) is 5.99. The van der Waals surface area contributed by atoms with Gasteiger partial charge in [-0.3, -0.25) is 0 Å². The Morgan fingerprint density at radius 2 is 1.75 bits per heavy atom. The Kier molecular flexibility index (Phi) is 4.93.